The van der Waals surface area contributed by atoms with Gasteiger partial charge in [0.2, 0.25) is 5.91 Å². The molecule has 6 heteroatoms. The van der Waals surface area contributed by atoms with Gasteiger partial charge in [-0.2, -0.15) is 0 Å². The first-order chi connectivity index (χ1) is 14.2. The standard InChI is InChI=1S/C23H28N4OS/c1-3-20-24-23(27(25-20)19-14-8-7-11-17(19)2)29-21(18-12-5-4-6-13-18)22(28)26-15-9-10-16-26/h4-8,11-14,20-21,25H,3,9-10,15-16H2,1-2H3. The SMILES string of the molecule is CCC1N=C(SC(C(=O)N2CCCC2)c2ccccc2)N(c2ccccc2C)N1. The molecular weight excluding hydrogens is 380 g/mol. The highest BCUT2D eigenvalue weighted by molar-refractivity contribution is 8.14. The van der Waals surface area contributed by atoms with Crippen molar-refractivity contribution in [2.24, 2.45) is 4.99 Å². The van der Waals surface area contributed by atoms with Gasteiger partial charge in [0, 0.05) is 13.1 Å². The van der Waals surface area contributed by atoms with Crippen LogP contribution in [0.25, 0.3) is 0 Å². The van der Waals surface area contributed by atoms with Gasteiger partial charge in [0.1, 0.15) is 11.4 Å². The Labute approximate surface area is 177 Å². The topological polar surface area (TPSA) is 47.9 Å². The van der Waals surface area contributed by atoms with Gasteiger partial charge in [0.05, 0.1) is 5.69 Å². The van der Waals surface area contributed by atoms with Crippen LogP contribution in [0.2, 0.25) is 0 Å². The van der Waals surface area contributed by atoms with E-state index in [2.05, 4.69) is 36.4 Å². The highest BCUT2D eigenvalue weighted by Crippen LogP contribution is 2.37. The molecule has 29 heavy (non-hydrogen) atoms. The minimum atomic E-state index is -0.294. The van der Waals surface area contributed by atoms with Gasteiger partial charge in [-0.15, -0.1) is 0 Å². The molecule has 4 rings (SSSR count). The maximum Gasteiger partial charge on any atom is 0.240 e. The number of aryl methyl sites for hydroxylation is 1. The summed E-state index contributed by atoms with van der Waals surface area (Å²) in [6.45, 7) is 5.93. The summed E-state index contributed by atoms with van der Waals surface area (Å²) in [5.74, 6) is 0.186. The number of amidine groups is 1. The lowest BCUT2D eigenvalue weighted by molar-refractivity contribution is -0.129. The molecule has 0 spiro atoms. The Hall–Kier alpha value is -2.31. The van der Waals surface area contributed by atoms with E-state index in [0.29, 0.717) is 0 Å². The summed E-state index contributed by atoms with van der Waals surface area (Å²) in [4.78, 5) is 20.3. The highest BCUT2D eigenvalue weighted by Gasteiger charge is 2.34. The van der Waals surface area contributed by atoms with E-state index >= 15 is 0 Å². The van der Waals surface area contributed by atoms with Crippen molar-refractivity contribution in [3.05, 3.63) is 65.7 Å². The largest absolute Gasteiger partial charge is 0.341 e. The fourth-order valence-electron chi connectivity index (χ4n) is 3.77. The molecule has 0 aromatic heterocycles. The van der Waals surface area contributed by atoms with E-state index in [-0.39, 0.29) is 17.3 Å². The van der Waals surface area contributed by atoms with Gasteiger partial charge < -0.3 is 4.90 Å². The second-order valence-electron chi connectivity index (χ2n) is 7.53. The van der Waals surface area contributed by atoms with E-state index in [1.54, 1.807) is 11.8 Å². The van der Waals surface area contributed by atoms with Gasteiger partial charge >= 0.3 is 0 Å². The zero-order valence-electron chi connectivity index (χ0n) is 17.0. The summed E-state index contributed by atoms with van der Waals surface area (Å²) in [5.41, 5.74) is 6.78. The summed E-state index contributed by atoms with van der Waals surface area (Å²) in [6, 6.07) is 18.4. The van der Waals surface area contributed by atoms with Gasteiger partial charge in [0.15, 0.2) is 5.17 Å². The Morgan fingerprint density at radius 1 is 1.14 bits per heavy atom. The predicted molar refractivity (Wildman–Crippen MR) is 121 cm³/mol. The quantitative estimate of drug-likeness (QED) is 0.791. The molecular formula is C23H28N4OS. The number of amides is 1. The Morgan fingerprint density at radius 3 is 2.52 bits per heavy atom. The Morgan fingerprint density at radius 2 is 1.83 bits per heavy atom. The molecule has 2 aliphatic rings. The van der Waals surface area contributed by atoms with E-state index < -0.39 is 0 Å². The number of hydrazine groups is 1. The molecule has 2 aromatic rings. The van der Waals surface area contributed by atoms with E-state index in [1.807, 2.05) is 47.4 Å². The third kappa shape index (κ3) is 4.33. The molecule has 1 fully saturated rings. The third-order valence-electron chi connectivity index (χ3n) is 5.45. The number of rotatable bonds is 5. The molecule has 0 saturated carbocycles. The van der Waals surface area contributed by atoms with Crippen molar-refractivity contribution in [1.82, 2.24) is 10.3 Å². The number of likely N-dealkylation sites (tertiary alicyclic amines) is 1. The van der Waals surface area contributed by atoms with E-state index in [9.17, 15) is 4.79 Å². The van der Waals surface area contributed by atoms with Crippen LogP contribution in [0, 0.1) is 6.92 Å². The van der Waals surface area contributed by atoms with Gasteiger partial charge in [0.25, 0.3) is 0 Å². The number of thioether (sulfide) groups is 1. The number of carbonyl (C=O) groups excluding carboxylic acids is 1. The Bertz CT molecular complexity index is 879. The molecule has 0 bridgehead atoms. The van der Waals surface area contributed by atoms with Crippen LogP contribution in [-0.2, 0) is 4.79 Å². The van der Waals surface area contributed by atoms with Crippen LogP contribution in [-0.4, -0.2) is 35.2 Å². The lowest BCUT2D eigenvalue weighted by Gasteiger charge is -2.27. The maximum absolute atomic E-state index is 13.4. The second-order valence-corrected chi connectivity index (χ2v) is 8.60. The number of benzene rings is 2. The highest BCUT2D eigenvalue weighted by atomic mass is 32.2. The summed E-state index contributed by atoms with van der Waals surface area (Å²) in [7, 11) is 0. The molecule has 0 radical (unpaired) electrons. The lowest BCUT2D eigenvalue weighted by Crippen LogP contribution is -2.41. The molecule has 152 valence electrons. The van der Waals surface area contributed by atoms with Crippen LogP contribution in [0.1, 0.15) is 42.6 Å². The fraction of sp³-hybridized carbons (Fsp3) is 0.391. The van der Waals surface area contributed by atoms with Crippen molar-refractivity contribution in [2.75, 3.05) is 18.1 Å². The predicted octanol–water partition coefficient (Wildman–Crippen LogP) is 4.51. The number of carbonyl (C=O) groups is 1. The van der Waals surface area contributed by atoms with Gasteiger partial charge in [-0.3, -0.25) is 9.80 Å². The molecule has 2 heterocycles. The zero-order chi connectivity index (χ0) is 20.2. The van der Waals surface area contributed by atoms with Crippen molar-refractivity contribution in [1.29, 1.82) is 0 Å². The molecule has 2 aromatic carbocycles. The van der Waals surface area contributed by atoms with Crippen molar-refractivity contribution in [3.63, 3.8) is 0 Å². The average molecular weight is 409 g/mol. The number of hydrogen-bond acceptors (Lipinski definition) is 5. The number of nitrogens with one attached hydrogen (secondary N) is 1. The van der Waals surface area contributed by atoms with Gasteiger partial charge in [-0.1, -0.05) is 67.2 Å². The summed E-state index contributed by atoms with van der Waals surface area (Å²) in [6.07, 6.45) is 3.10. The number of para-hydroxylation sites is 1. The smallest absolute Gasteiger partial charge is 0.240 e. The monoisotopic (exact) mass is 408 g/mol. The molecule has 1 amide bonds. The normalized spacial score (nSPS) is 20.1. The number of anilines is 1. The number of hydrogen-bond donors (Lipinski definition) is 1. The van der Waals surface area contributed by atoms with Crippen LogP contribution in [0.15, 0.2) is 59.6 Å². The minimum Gasteiger partial charge on any atom is -0.341 e. The van der Waals surface area contributed by atoms with Crippen LogP contribution >= 0.6 is 11.8 Å². The summed E-state index contributed by atoms with van der Waals surface area (Å²) >= 11 is 1.55. The average Bonchev–Trinajstić information content (AvgIpc) is 3.43. The van der Waals surface area contributed by atoms with Crippen molar-refractivity contribution >= 4 is 28.5 Å². The molecule has 2 aliphatic heterocycles. The maximum atomic E-state index is 13.4. The van der Waals surface area contributed by atoms with E-state index in [4.69, 9.17) is 4.99 Å². The lowest BCUT2D eigenvalue weighted by atomic mass is 10.1. The molecule has 0 aliphatic carbocycles. The summed E-state index contributed by atoms with van der Waals surface area (Å²) in [5, 5.41) is 2.62. The van der Waals surface area contributed by atoms with E-state index in [0.717, 1.165) is 48.8 Å². The van der Waals surface area contributed by atoms with Crippen molar-refractivity contribution in [3.8, 4) is 0 Å². The zero-order valence-corrected chi connectivity index (χ0v) is 17.9. The third-order valence-corrected chi connectivity index (χ3v) is 6.65. The van der Waals surface area contributed by atoms with Crippen molar-refractivity contribution < 1.29 is 4.79 Å². The molecule has 1 N–H and O–H groups in total. The Kier molecular flexibility index (Phi) is 6.21. The van der Waals surface area contributed by atoms with Gasteiger partial charge in [-0.25, -0.2) is 10.4 Å². The molecule has 5 nitrogen and oxygen atoms in total. The summed E-state index contributed by atoms with van der Waals surface area (Å²) < 4.78 is 0. The van der Waals surface area contributed by atoms with Gasteiger partial charge in [-0.05, 0) is 43.4 Å². The van der Waals surface area contributed by atoms with Crippen molar-refractivity contribution in [2.45, 2.75) is 44.5 Å². The first-order valence-corrected chi connectivity index (χ1v) is 11.3. The minimum absolute atomic E-state index is 0.0235. The number of aliphatic imine (C=N–C) groups is 1. The van der Waals surface area contributed by atoms with Crippen LogP contribution in [0.5, 0.6) is 0 Å². The molecule has 2 unspecified atom stereocenters. The first-order valence-electron chi connectivity index (χ1n) is 10.4. The van der Waals surface area contributed by atoms with Crippen LogP contribution < -0.4 is 10.4 Å². The van der Waals surface area contributed by atoms with Crippen LogP contribution in [0.4, 0.5) is 5.69 Å². The fourth-order valence-corrected chi connectivity index (χ4v) is 4.97. The number of nitrogens with zero attached hydrogens (tertiary/aromatic N) is 3. The molecule has 2 atom stereocenters. The Balaban J connectivity index is 1.65. The second kappa shape index (κ2) is 9.01. The first kappa shape index (κ1) is 20.0. The molecule has 1 saturated heterocycles. The van der Waals surface area contributed by atoms with Crippen LogP contribution in [0.3, 0.4) is 0 Å². The van der Waals surface area contributed by atoms with E-state index in [1.165, 1.54) is 5.56 Å².